The van der Waals surface area contributed by atoms with E-state index in [1.165, 1.54) is 59.9 Å². The Balaban J connectivity index is 2.09. The minimum Gasteiger partial charge on any atom is -0.0654 e. The Labute approximate surface area is 134 Å². The van der Waals surface area contributed by atoms with Gasteiger partial charge >= 0.3 is 0 Å². The van der Waals surface area contributed by atoms with E-state index in [2.05, 4.69) is 62.4 Å². The molecule has 0 aliphatic heterocycles. The molecule has 0 radical (unpaired) electrons. The molecule has 1 aliphatic rings. The van der Waals surface area contributed by atoms with Gasteiger partial charge in [0, 0.05) is 0 Å². The second-order valence-corrected chi connectivity index (χ2v) is 6.37. The van der Waals surface area contributed by atoms with E-state index in [-0.39, 0.29) is 0 Å². The van der Waals surface area contributed by atoms with E-state index in [9.17, 15) is 0 Å². The lowest BCUT2D eigenvalue weighted by Gasteiger charge is -2.14. The lowest BCUT2D eigenvalue weighted by molar-refractivity contribution is 0.795. The molecule has 0 nitrogen and oxygen atoms in total. The molecular formula is C22H26. The van der Waals surface area contributed by atoms with Gasteiger partial charge in [0.25, 0.3) is 0 Å². The molecule has 114 valence electrons. The molecule has 0 fully saturated rings. The van der Waals surface area contributed by atoms with Crippen molar-refractivity contribution in [2.45, 2.75) is 52.4 Å². The highest BCUT2D eigenvalue weighted by atomic mass is 14.2. The van der Waals surface area contributed by atoms with Crippen molar-refractivity contribution in [2.75, 3.05) is 0 Å². The van der Waals surface area contributed by atoms with Gasteiger partial charge in [-0.15, -0.1) is 0 Å². The van der Waals surface area contributed by atoms with Crippen molar-refractivity contribution in [1.29, 1.82) is 0 Å². The highest BCUT2D eigenvalue weighted by molar-refractivity contribution is 5.83. The van der Waals surface area contributed by atoms with E-state index < -0.39 is 0 Å². The number of hydrogen-bond acceptors (Lipinski definition) is 0. The average Bonchev–Trinajstić information content (AvgIpc) is 2.96. The van der Waals surface area contributed by atoms with Gasteiger partial charge in [-0.1, -0.05) is 80.8 Å². The zero-order chi connectivity index (χ0) is 15.4. The molecule has 0 aromatic heterocycles. The van der Waals surface area contributed by atoms with Crippen LogP contribution in [0.1, 0.15) is 56.2 Å². The van der Waals surface area contributed by atoms with Gasteiger partial charge in [-0.3, -0.25) is 0 Å². The molecule has 0 saturated heterocycles. The van der Waals surface area contributed by atoms with Gasteiger partial charge < -0.3 is 0 Å². The fourth-order valence-corrected chi connectivity index (χ4v) is 3.53. The Hall–Kier alpha value is -1.82. The first kappa shape index (κ1) is 15.1. The quantitative estimate of drug-likeness (QED) is 0.574. The standard InChI is InChI=1S/C22H26/c1-3-5-10-19-13-14-20-15-17(9-4-2)16-21(20)22(19)18-11-7-6-8-12-18/h6-8,11-14,16H,3-5,9-10,15H2,1-2H3. The highest BCUT2D eigenvalue weighted by Crippen LogP contribution is 2.38. The molecule has 1 aliphatic carbocycles. The van der Waals surface area contributed by atoms with Gasteiger partial charge in [0.2, 0.25) is 0 Å². The van der Waals surface area contributed by atoms with Crippen molar-refractivity contribution in [1.82, 2.24) is 0 Å². The van der Waals surface area contributed by atoms with Crippen LogP contribution in [0.5, 0.6) is 0 Å². The molecule has 0 saturated carbocycles. The first-order chi connectivity index (χ1) is 10.8. The number of aryl methyl sites for hydroxylation is 1. The zero-order valence-electron chi connectivity index (χ0n) is 13.9. The van der Waals surface area contributed by atoms with Gasteiger partial charge in [0.05, 0.1) is 0 Å². The maximum atomic E-state index is 2.47. The van der Waals surface area contributed by atoms with Crippen molar-refractivity contribution in [3.05, 3.63) is 64.7 Å². The summed E-state index contributed by atoms with van der Waals surface area (Å²) in [5, 5.41) is 0. The maximum Gasteiger partial charge on any atom is -0.00576 e. The first-order valence-electron chi connectivity index (χ1n) is 8.73. The molecule has 3 rings (SSSR count). The smallest absolute Gasteiger partial charge is 0.00576 e. The molecular weight excluding hydrogens is 264 g/mol. The minimum absolute atomic E-state index is 1.15. The van der Waals surface area contributed by atoms with Crippen molar-refractivity contribution in [3.8, 4) is 11.1 Å². The predicted octanol–water partition coefficient (Wildman–Crippen LogP) is 6.44. The number of rotatable bonds is 6. The average molecular weight is 290 g/mol. The third-order valence-electron chi connectivity index (χ3n) is 4.62. The normalized spacial score (nSPS) is 13.1. The van der Waals surface area contributed by atoms with Gasteiger partial charge in [0.1, 0.15) is 0 Å². The Morgan fingerprint density at radius 3 is 2.41 bits per heavy atom. The van der Waals surface area contributed by atoms with Gasteiger partial charge in [-0.2, -0.15) is 0 Å². The summed E-state index contributed by atoms with van der Waals surface area (Å²) in [4.78, 5) is 0. The van der Waals surface area contributed by atoms with Crippen LogP contribution in [0.15, 0.2) is 48.0 Å². The van der Waals surface area contributed by atoms with Crippen LogP contribution in [-0.2, 0) is 12.8 Å². The monoisotopic (exact) mass is 290 g/mol. The molecule has 2 aromatic carbocycles. The van der Waals surface area contributed by atoms with Crippen LogP contribution >= 0.6 is 0 Å². The number of benzene rings is 2. The van der Waals surface area contributed by atoms with Crippen LogP contribution in [0, 0.1) is 0 Å². The summed E-state index contributed by atoms with van der Waals surface area (Å²) >= 11 is 0. The largest absolute Gasteiger partial charge is 0.0654 e. The molecule has 22 heavy (non-hydrogen) atoms. The number of fused-ring (bicyclic) bond motifs is 1. The summed E-state index contributed by atoms with van der Waals surface area (Å²) in [5.74, 6) is 0. The summed E-state index contributed by atoms with van der Waals surface area (Å²) in [5.41, 5.74) is 8.98. The summed E-state index contributed by atoms with van der Waals surface area (Å²) in [6.45, 7) is 4.55. The number of hydrogen-bond donors (Lipinski definition) is 0. The molecule has 2 aromatic rings. The lowest BCUT2D eigenvalue weighted by atomic mass is 9.90. The molecule has 0 heterocycles. The van der Waals surface area contributed by atoms with Gasteiger partial charge in [-0.05, 0) is 53.5 Å². The molecule has 0 bridgehead atoms. The van der Waals surface area contributed by atoms with E-state index in [0.29, 0.717) is 0 Å². The van der Waals surface area contributed by atoms with Crippen LogP contribution in [-0.4, -0.2) is 0 Å². The van der Waals surface area contributed by atoms with E-state index >= 15 is 0 Å². The van der Waals surface area contributed by atoms with Crippen LogP contribution in [0.4, 0.5) is 0 Å². The second-order valence-electron chi connectivity index (χ2n) is 6.37. The zero-order valence-corrected chi connectivity index (χ0v) is 13.9. The first-order valence-corrected chi connectivity index (χ1v) is 8.73. The van der Waals surface area contributed by atoms with Crippen molar-refractivity contribution >= 4 is 6.08 Å². The molecule has 0 heteroatoms. The predicted molar refractivity (Wildman–Crippen MR) is 97.1 cm³/mol. The second kappa shape index (κ2) is 6.96. The summed E-state index contributed by atoms with van der Waals surface area (Å²) in [7, 11) is 0. The fourth-order valence-electron chi connectivity index (χ4n) is 3.53. The Morgan fingerprint density at radius 1 is 0.864 bits per heavy atom. The van der Waals surface area contributed by atoms with Gasteiger partial charge in [0.15, 0.2) is 0 Å². The summed E-state index contributed by atoms with van der Waals surface area (Å²) in [6, 6.07) is 15.7. The van der Waals surface area contributed by atoms with Crippen molar-refractivity contribution in [2.24, 2.45) is 0 Å². The topological polar surface area (TPSA) is 0 Å². The minimum atomic E-state index is 1.15. The maximum absolute atomic E-state index is 2.47. The molecule has 0 atom stereocenters. The highest BCUT2D eigenvalue weighted by Gasteiger charge is 2.18. The number of allylic oxidation sites excluding steroid dienone is 1. The van der Waals surface area contributed by atoms with Crippen LogP contribution in [0.2, 0.25) is 0 Å². The Kier molecular flexibility index (Phi) is 4.77. The molecule has 0 unspecified atom stereocenters. The summed E-state index contributed by atoms with van der Waals surface area (Å²) in [6.07, 6.45) is 9.79. The third-order valence-corrected chi connectivity index (χ3v) is 4.62. The van der Waals surface area contributed by atoms with E-state index in [4.69, 9.17) is 0 Å². The van der Waals surface area contributed by atoms with E-state index in [1.54, 1.807) is 5.57 Å². The Morgan fingerprint density at radius 2 is 1.68 bits per heavy atom. The lowest BCUT2D eigenvalue weighted by Crippen LogP contribution is -1.96. The van der Waals surface area contributed by atoms with Crippen LogP contribution in [0.3, 0.4) is 0 Å². The van der Waals surface area contributed by atoms with E-state index in [0.717, 1.165) is 6.42 Å². The SMILES string of the molecule is CCCCc1ccc2c(c1-c1ccccc1)C=C(CCC)C2. The van der Waals surface area contributed by atoms with Crippen LogP contribution < -0.4 is 0 Å². The Bertz CT molecular complexity index is 662. The van der Waals surface area contributed by atoms with Crippen molar-refractivity contribution in [3.63, 3.8) is 0 Å². The third kappa shape index (κ3) is 3.02. The van der Waals surface area contributed by atoms with Gasteiger partial charge in [-0.25, -0.2) is 0 Å². The van der Waals surface area contributed by atoms with Crippen LogP contribution in [0.25, 0.3) is 17.2 Å². The molecule has 0 amide bonds. The number of unbranched alkanes of at least 4 members (excludes halogenated alkanes) is 1. The molecule has 0 N–H and O–H groups in total. The van der Waals surface area contributed by atoms with Crippen molar-refractivity contribution < 1.29 is 0 Å². The fraction of sp³-hybridized carbons (Fsp3) is 0.364. The summed E-state index contributed by atoms with van der Waals surface area (Å²) < 4.78 is 0. The van der Waals surface area contributed by atoms with E-state index in [1.807, 2.05) is 0 Å². The molecule has 0 spiro atoms.